The first-order chi connectivity index (χ1) is 16.4. The molecule has 12 heteroatoms. The topological polar surface area (TPSA) is 74.3 Å². The Hall–Kier alpha value is 0.0900. The fraction of sp³-hybridized carbons (Fsp3) is 0.522. The molecular formula is C23H17Cl8O4-. The number of rotatable bonds is 3. The summed E-state index contributed by atoms with van der Waals surface area (Å²) in [6.07, 6.45) is 7.04. The van der Waals surface area contributed by atoms with Crippen LogP contribution in [0.5, 0.6) is 0 Å². The molecule has 0 amide bonds. The molecule has 0 spiro atoms. The standard InChI is InChI=1S/C23H18Cl8O4/c24-12-8-9(13(25)17(29)16(12)28)21(33)6(20(8)32)4-2-1-3-5-7-22(34)10-11(23(7)35)15(27)19(31)18(30)14(10)26/h1-5,8-19,32H/p-1. The maximum absolute atomic E-state index is 12.9. The first kappa shape index (κ1) is 28.1. The van der Waals surface area contributed by atoms with Crippen molar-refractivity contribution in [2.24, 2.45) is 23.7 Å². The molecule has 0 aromatic rings. The molecule has 0 heterocycles. The van der Waals surface area contributed by atoms with Gasteiger partial charge in [-0.1, -0.05) is 24.3 Å². The van der Waals surface area contributed by atoms with E-state index in [9.17, 15) is 19.5 Å². The SMILES string of the molecule is O=C1C(=CC=CC=CC2=C([O-])C3C(Cl)C(Cl)C(Cl)C(Cl)C3C2=O)C(=O)C2C(Cl)C(Cl)C(Cl)C(Cl)C12. The van der Waals surface area contributed by atoms with Crippen molar-refractivity contribution in [1.82, 2.24) is 0 Å². The average molecular weight is 641 g/mol. The molecule has 4 rings (SSSR count). The summed E-state index contributed by atoms with van der Waals surface area (Å²) in [5.74, 6) is -5.18. The minimum atomic E-state index is -0.851. The molecule has 0 aromatic heterocycles. The third kappa shape index (κ3) is 4.52. The van der Waals surface area contributed by atoms with Crippen LogP contribution in [-0.2, 0) is 14.4 Å². The van der Waals surface area contributed by atoms with Gasteiger partial charge in [0.2, 0.25) is 0 Å². The molecule has 4 aliphatic carbocycles. The molecule has 3 fully saturated rings. The summed E-state index contributed by atoms with van der Waals surface area (Å²) in [4.78, 5) is 38.6. The minimum absolute atomic E-state index is 0.0569. The molecule has 0 saturated heterocycles. The van der Waals surface area contributed by atoms with E-state index in [1.165, 1.54) is 30.4 Å². The van der Waals surface area contributed by atoms with Crippen molar-refractivity contribution in [1.29, 1.82) is 0 Å². The molecule has 0 aromatic carbocycles. The Labute approximate surface area is 242 Å². The maximum Gasteiger partial charge on any atom is 0.171 e. The second-order valence-corrected chi connectivity index (χ2v) is 12.9. The quantitative estimate of drug-likeness (QED) is 0.194. The molecule has 12 unspecified atom stereocenters. The van der Waals surface area contributed by atoms with Crippen LogP contribution in [0.1, 0.15) is 0 Å². The molecule has 3 saturated carbocycles. The Bertz CT molecular complexity index is 1030. The first-order valence-electron chi connectivity index (χ1n) is 10.6. The fourth-order valence-electron chi connectivity index (χ4n) is 5.18. The molecule has 0 aliphatic heterocycles. The number of Topliss-reactive ketones (excluding diaryl/α,β-unsaturated/α-hetero) is 3. The van der Waals surface area contributed by atoms with Gasteiger partial charge in [0.05, 0.1) is 60.4 Å². The Kier molecular flexibility index (Phi) is 8.58. The van der Waals surface area contributed by atoms with Crippen LogP contribution in [0.15, 0.2) is 47.3 Å². The maximum atomic E-state index is 12.9. The van der Waals surface area contributed by atoms with E-state index in [0.29, 0.717) is 0 Å². The highest BCUT2D eigenvalue weighted by Crippen LogP contribution is 2.50. The van der Waals surface area contributed by atoms with Crippen molar-refractivity contribution >= 4 is 110 Å². The number of ketones is 3. The fourth-order valence-corrected chi connectivity index (χ4v) is 8.44. The summed E-state index contributed by atoms with van der Waals surface area (Å²) >= 11 is 50.1. The number of hydrogen-bond donors (Lipinski definition) is 0. The summed E-state index contributed by atoms with van der Waals surface area (Å²) < 4.78 is 0. The molecule has 35 heavy (non-hydrogen) atoms. The zero-order valence-corrected chi connectivity index (χ0v) is 23.5. The highest BCUT2D eigenvalue weighted by molar-refractivity contribution is 6.43. The van der Waals surface area contributed by atoms with E-state index in [0.717, 1.165) is 0 Å². The van der Waals surface area contributed by atoms with Gasteiger partial charge < -0.3 is 5.11 Å². The number of carbonyl (C=O) groups excluding carboxylic acids is 3. The van der Waals surface area contributed by atoms with Gasteiger partial charge >= 0.3 is 0 Å². The van der Waals surface area contributed by atoms with Crippen LogP contribution in [0, 0.1) is 23.7 Å². The smallest absolute Gasteiger partial charge is 0.171 e. The van der Waals surface area contributed by atoms with E-state index in [1.807, 2.05) is 0 Å². The molecule has 190 valence electrons. The van der Waals surface area contributed by atoms with Gasteiger partial charge in [0, 0.05) is 11.5 Å². The highest BCUT2D eigenvalue weighted by Gasteiger charge is 2.59. The molecule has 0 bridgehead atoms. The van der Waals surface area contributed by atoms with Crippen LogP contribution in [-0.4, -0.2) is 60.4 Å². The van der Waals surface area contributed by atoms with E-state index < -0.39 is 89.8 Å². The van der Waals surface area contributed by atoms with Gasteiger partial charge in [0.25, 0.3) is 0 Å². The molecular weight excluding hydrogens is 624 g/mol. The predicted molar refractivity (Wildman–Crippen MR) is 139 cm³/mol. The lowest BCUT2D eigenvalue weighted by Gasteiger charge is -2.42. The largest absolute Gasteiger partial charge is 0.875 e. The Morgan fingerprint density at radius 2 is 0.914 bits per heavy atom. The van der Waals surface area contributed by atoms with Gasteiger partial charge in [-0.15, -0.1) is 98.6 Å². The Morgan fingerprint density at radius 1 is 0.514 bits per heavy atom. The van der Waals surface area contributed by atoms with Gasteiger partial charge in [-0.25, -0.2) is 0 Å². The van der Waals surface area contributed by atoms with Crippen LogP contribution < -0.4 is 5.11 Å². The van der Waals surface area contributed by atoms with Crippen molar-refractivity contribution in [2.75, 3.05) is 0 Å². The summed E-state index contributed by atoms with van der Waals surface area (Å²) in [5.41, 5.74) is -0.114. The lowest BCUT2D eigenvalue weighted by Crippen LogP contribution is -2.51. The lowest BCUT2D eigenvalue weighted by atomic mass is 9.79. The van der Waals surface area contributed by atoms with Gasteiger partial charge in [-0.2, -0.15) is 0 Å². The summed E-state index contributed by atoms with van der Waals surface area (Å²) in [6, 6.07) is 0. The Morgan fingerprint density at radius 3 is 1.37 bits per heavy atom. The zero-order chi connectivity index (χ0) is 25.9. The van der Waals surface area contributed by atoms with Gasteiger partial charge in [-0.05, 0) is 12.0 Å². The minimum Gasteiger partial charge on any atom is -0.875 e. The zero-order valence-electron chi connectivity index (χ0n) is 17.5. The summed E-state index contributed by atoms with van der Waals surface area (Å²) in [7, 11) is 0. The van der Waals surface area contributed by atoms with Crippen LogP contribution in [0.3, 0.4) is 0 Å². The molecule has 12 atom stereocenters. The molecule has 4 nitrogen and oxygen atoms in total. The van der Waals surface area contributed by atoms with Gasteiger partial charge in [0.1, 0.15) is 0 Å². The van der Waals surface area contributed by atoms with E-state index >= 15 is 0 Å². The number of alkyl halides is 8. The summed E-state index contributed by atoms with van der Waals surface area (Å²) in [5, 5.41) is 6.47. The average Bonchev–Trinajstić information content (AvgIpc) is 3.22. The third-order valence-corrected chi connectivity index (χ3v) is 12.1. The molecule has 0 N–H and O–H groups in total. The number of allylic oxidation sites excluding steroid dienone is 8. The lowest BCUT2D eigenvalue weighted by molar-refractivity contribution is -0.316. The number of fused-ring (bicyclic) bond motifs is 2. The third-order valence-electron chi connectivity index (χ3n) is 6.99. The molecule has 4 aliphatic rings. The molecule has 0 radical (unpaired) electrons. The van der Waals surface area contributed by atoms with E-state index in [2.05, 4.69) is 0 Å². The van der Waals surface area contributed by atoms with Gasteiger partial charge in [0.15, 0.2) is 17.3 Å². The monoisotopic (exact) mass is 637 g/mol. The van der Waals surface area contributed by atoms with E-state index in [-0.39, 0.29) is 11.1 Å². The first-order valence-corrected chi connectivity index (χ1v) is 14.1. The second-order valence-electron chi connectivity index (χ2n) is 8.85. The van der Waals surface area contributed by atoms with Crippen LogP contribution in [0.4, 0.5) is 0 Å². The highest BCUT2D eigenvalue weighted by atomic mass is 35.5. The summed E-state index contributed by atoms with van der Waals surface area (Å²) in [6.45, 7) is 0. The number of hydrogen-bond acceptors (Lipinski definition) is 4. The predicted octanol–water partition coefficient (Wildman–Crippen LogP) is 4.73. The second kappa shape index (κ2) is 10.7. The van der Waals surface area contributed by atoms with Gasteiger partial charge in [-0.3, -0.25) is 14.4 Å². The van der Waals surface area contributed by atoms with Crippen molar-refractivity contribution in [3.05, 3.63) is 47.3 Å². The van der Waals surface area contributed by atoms with Crippen LogP contribution in [0.25, 0.3) is 0 Å². The van der Waals surface area contributed by atoms with E-state index in [4.69, 9.17) is 92.8 Å². The van der Waals surface area contributed by atoms with Crippen molar-refractivity contribution in [3.8, 4) is 0 Å². The Balaban J connectivity index is 1.52. The van der Waals surface area contributed by atoms with Crippen molar-refractivity contribution in [3.63, 3.8) is 0 Å². The number of carbonyl (C=O) groups is 3. The van der Waals surface area contributed by atoms with Crippen LogP contribution >= 0.6 is 92.8 Å². The normalized spacial score (nSPS) is 46.2. The van der Waals surface area contributed by atoms with Crippen molar-refractivity contribution in [2.45, 2.75) is 43.0 Å². The number of halogens is 8. The van der Waals surface area contributed by atoms with Crippen molar-refractivity contribution < 1.29 is 19.5 Å². The van der Waals surface area contributed by atoms with E-state index in [1.54, 1.807) is 0 Å². The van der Waals surface area contributed by atoms with Crippen LogP contribution in [0.2, 0.25) is 0 Å².